The fourth-order valence-corrected chi connectivity index (χ4v) is 8.44. The van der Waals surface area contributed by atoms with Crippen LogP contribution in [0.2, 0.25) is 5.02 Å². The van der Waals surface area contributed by atoms with Crippen molar-refractivity contribution in [2.75, 3.05) is 50.3 Å². The van der Waals surface area contributed by atoms with Crippen molar-refractivity contribution in [2.45, 2.75) is 51.0 Å². The van der Waals surface area contributed by atoms with Gasteiger partial charge < -0.3 is 34.9 Å². The molecular formula is C49H45ClF2N10O8. The minimum atomic E-state index is -0.855. The average Bonchev–Trinajstić information content (AvgIpc) is 3.90. The van der Waals surface area contributed by atoms with Crippen LogP contribution in [0.5, 0.6) is 0 Å². The molecule has 18 nitrogen and oxygen atoms in total. The molecule has 1 saturated heterocycles. The minimum Gasteiger partial charge on any atom is -0.389 e. The van der Waals surface area contributed by atoms with Gasteiger partial charge in [0.15, 0.2) is 0 Å². The first kappa shape index (κ1) is 47.7. The highest BCUT2D eigenvalue weighted by Gasteiger charge is 2.39. The van der Waals surface area contributed by atoms with E-state index in [9.17, 15) is 33.1 Å². The Morgan fingerprint density at radius 3 is 2.41 bits per heavy atom. The summed E-state index contributed by atoms with van der Waals surface area (Å²) in [5.41, 5.74) is 5.89. The summed E-state index contributed by atoms with van der Waals surface area (Å²) in [6.45, 7) is 1.72. The highest BCUT2D eigenvalue weighted by Crippen LogP contribution is 2.35. The standard InChI is InChI=1S/C49H45ClF2N10O8/c50-31-6-10-36-37(21-31)46(44-38(51)2-1-3-39(44)52)53-22-30-23-54-49(58-45(30)36)56-32-7-4-28(5-8-32)40-26-61(60-59-40)25-34(63)27-70-19-18-69-17-16-68-15-14-43(65)55-33-9-11-35-29(20-33)24-62(48(35)67)41-12-13-42(64)57-47(41)66/h1-11,20-21,23,26,34,41,63H,12-19,22,24-25,27H2,(H,55,65)(H,54,56,58)(H,57,64,66). The number of aromatic nitrogens is 5. The molecule has 360 valence electrons. The third kappa shape index (κ3) is 11.1. The SMILES string of the molecule is O=C1CCC(N2Cc3cc(NC(=O)CCOCCOCCOCC(O)Cn4cc(-c5ccc(Nc6ncc7c(n6)-c6ccc(Cl)cc6C(c6c(F)cccc6F)=NC7)cc5)nn4)ccc3C2=O)C(=O)N1. The van der Waals surface area contributed by atoms with Gasteiger partial charge in [-0.2, -0.15) is 0 Å². The topological polar surface area (TPSA) is 224 Å². The zero-order valence-electron chi connectivity index (χ0n) is 37.4. The van der Waals surface area contributed by atoms with Crippen LogP contribution in [0.25, 0.3) is 22.5 Å². The lowest BCUT2D eigenvalue weighted by molar-refractivity contribution is -0.137. The van der Waals surface area contributed by atoms with E-state index in [1.807, 2.05) is 24.3 Å². The molecule has 0 spiro atoms. The van der Waals surface area contributed by atoms with Gasteiger partial charge in [-0.1, -0.05) is 41.1 Å². The van der Waals surface area contributed by atoms with Gasteiger partial charge in [0, 0.05) is 63.4 Å². The van der Waals surface area contributed by atoms with E-state index in [0.717, 1.165) is 5.56 Å². The molecule has 1 fully saturated rings. The average molecular weight is 975 g/mol. The lowest BCUT2D eigenvalue weighted by Crippen LogP contribution is -2.52. The van der Waals surface area contributed by atoms with Crippen molar-refractivity contribution in [3.05, 3.63) is 136 Å². The van der Waals surface area contributed by atoms with E-state index in [-0.39, 0.29) is 108 Å². The molecule has 6 aromatic rings. The van der Waals surface area contributed by atoms with Gasteiger partial charge in [-0.05, 0) is 66.6 Å². The lowest BCUT2D eigenvalue weighted by Gasteiger charge is -2.29. The molecule has 4 aromatic carbocycles. The molecule has 0 saturated carbocycles. The molecule has 5 heterocycles. The number of fused-ring (bicyclic) bond motifs is 4. The second-order valence-corrected chi connectivity index (χ2v) is 17.0. The van der Waals surface area contributed by atoms with Gasteiger partial charge in [-0.3, -0.25) is 29.5 Å². The monoisotopic (exact) mass is 974 g/mol. The Morgan fingerprint density at radius 2 is 1.63 bits per heavy atom. The quantitative estimate of drug-likeness (QED) is 0.0572. The van der Waals surface area contributed by atoms with Crippen molar-refractivity contribution in [2.24, 2.45) is 4.99 Å². The Kier molecular flexibility index (Phi) is 14.7. The van der Waals surface area contributed by atoms with Crippen LogP contribution >= 0.6 is 11.6 Å². The highest BCUT2D eigenvalue weighted by atomic mass is 35.5. The van der Waals surface area contributed by atoms with E-state index in [2.05, 4.69) is 36.2 Å². The fourth-order valence-electron chi connectivity index (χ4n) is 8.26. The molecule has 3 aliphatic rings. The normalized spacial score (nSPS) is 15.7. The van der Waals surface area contributed by atoms with E-state index in [1.54, 1.807) is 48.8 Å². The highest BCUT2D eigenvalue weighted by molar-refractivity contribution is 6.31. The zero-order chi connectivity index (χ0) is 48.7. The van der Waals surface area contributed by atoms with Crippen LogP contribution < -0.4 is 16.0 Å². The molecule has 4 amide bonds. The van der Waals surface area contributed by atoms with Crippen LogP contribution in [0.4, 0.5) is 26.1 Å². The van der Waals surface area contributed by atoms with Crippen molar-refractivity contribution in [1.82, 2.24) is 35.2 Å². The molecular weight excluding hydrogens is 930 g/mol. The summed E-state index contributed by atoms with van der Waals surface area (Å²) in [5.74, 6) is -2.56. The number of amides is 4. The van der Waals surface area contributed by atoms with Crippen molar-refractivity contribution in [3.8, 4) is 22.5 Å². The Balaban J connectivity index is 0.661. The van der Waals surface area contributed by atoms with E-state index < -0.39 is 29.7 Å². The molecule has 4 N–H and O–H groups in total. The number of hydrogen-bond donors (Lipinski definition) is 4. The van der Waals surface area contributed by atoms with Crippen LogP contribution in [-0.4, -0.2) is 116 Å². The molecule has 0 radical (unpaired) electrons. The molecule has 9 rings (SSSR count). The number of aliphatic hydroxyl groups excluding tert-OH is 1. The van der Waals surface area contributed by atoms with Crippen LogP contribution in [-0.2, 0) is 48.2 Å². The fraction of sp³-hybridized carbons (Fsp3) is 0.286. The number of ether oxygens (including phenoxy) is 3. The van der Waals surface area contributed by atoms with E-state index in [0.29, 0.717) is 61.6 Å². The molecule has 21 heteroatoms. The Hall–Kier alpha value is -7.36. The number of aliphatic hydroxyl groups is 1. The van der Waals surface area contributed by atoms with E-state index in [1.165, 1.54) is 27.8 Å². The van der Waals surface area contributed by atoms with Gasteiger partial charge in [-0.15, -0.1) is 5.10 Å². The summed E-state index contributed by atoms with van der Waals surface area (Å²) in [5, 5.41) is 27.6. The number of carbonyl (C=O) groups is 4. The van der Waals surface area contributed by atoms with Crippen molar-refractivity contribution in [3.63, 3.8) is 0 Å². The predicted octanol–water partition coefficient (Wildman–Crippen LogP) is 5.63. The summed E-state index contributed by atoms with van der Waals surface area (Å²) < 4.78 is 48.1. The number of anilines is 3. The van der Waals surface area contributed by atoms with Crippen LogP contribution in [0.1, 0.15) is 51.9 Å². The summed E-state index contributed by atoms with van der Waals surface area (Å²) in [4.78, 5) is 64.6. The van der Waals surface area contributed by atoms with E-state index >= 15 is 0 Å². The number of aliphatic imine (C=N–C) groups is 1. The van der Waals surface area contributed by atoms with Gasteiger partial charge in [0.25, 0.3) is 5.91 Å². The number of carbonyl (C=O) groups excluding carboxylic acids is 4. The van der Waals surface area contributed by atoms with Gasteiger partial charge in [-0.25, -0.2) is 23.4 Å². The summed E-state index contributed by atoms with van der Waals surface area (Å²) in [7, 11) is 0. The van der Waals surface area contributed by atoms with Crippen molar-refractivity contribution >= 4 is 58.3 Å². The second kappa shape index (κ2) is 21.5. The first-order valence-electron chi connectivity index (χ1n) is 22.4. The second-order valence-electron chi connectivity index (χ2n) is 16.6. The van der Waals surface area contributed by atoms with Gasteiger partial charge in [0.05, 0.1) is 88.4 Å². The largest absolute Gasteiger partial charge is 0.389 e. The zero-order valence-corrected chi connectivity index (χ0v) is 38.1. The maximum Gasteiger partial charge on any atom is 0.255 e. The smallest absolute Gasteiger partial charge is 0.255 e. The van der Waals surface area contributed by atoms with Crippen LogP contribution in [0, 0.1) is 11.6 Å². The van der Waals surface area contributed by atoms with Gasteiger partial charge >= 0.3 is 0 Å². The third-order valence-electron chi connectivity index (χ3n) is 11.7. The number of rotatable bonds is 19. The lowest BCUT2D eigenvalue weighted by atomic mass is 9.95. The van der Waals surface area contributed by atoms with Crippen LogP contribution in [0.3, 0.4) is 0 Å². The number of piperidine rings is 1. The maximum atomic E-state index is 15.0. The molecule has 3 aliphatic heterocycles. The van der Waals surface area contributed by atoms with E-state index in [4.69, 9.17) is 30.8 Å². The molecule has 2 aromatic heterocycles. The first-order chi connectivity index (χ1) is 34.0. The number of nitrogens with zero attached hydrogens (tertiary/aromatic N) is 7. The molecule has 70 heavy (non-hydrogen) atoms. The number of nitrogens with one attached hydrogen (secondary N) is 3. The molecule has 2 atom stereocenters. The third-order valence-corrected chi connectivity index (χ3v) is 11.9. The van der Waals surface area contributed by atoms with Crippen molar-refractivity contribution in [1.29, 1.82) is 0 Å². The predicted molar refractivity (Wildman–Crippen MR) is 251 cm³/mol. The minimum absolute atomic E-state index is 0.0472. The summed E-state index contributed by atoms with van der Waals surface area (Å²) in [6, 6.07) is 20.4. The summed E-state index contributed by atoms with van der Waals surface area (Å²) in [6.07, 6.45) is 3.04. The number of halogens is 3. The Labute approximate surface area is 404 Å². The maximum absolute atomic E-state index is 15.0. The number of benzene rings is 4. The molecule has 0 aliphatic carbocycles. The Morgan fingerprint density at radius 1 is 0.886 bits per heavy atom. The molecule has 0 bridgehead atoms. The first-order valence-corrected chi connectivity index (χ1v) is 22.8. The van der Waals surface area contributed by atoms with Gasteiger partial charge in [0.2, 0.25) is 23.7 Å². The summed E-state index contributed by atoms with van der Waals surface area (Å²) >= 11 is 6.36. The number of imide groups is 1. The van der Waals surface area contributed by atoms with Gasteiger partial charge in [0.1, 0.15) is 23.4 Å². The number of hydrogen-bond acceptors (Lipinski definition) is 14. The van der Waals surface area contributed by atoms with Crippen molar-refractivity contribution < 1.29 is 47.3 Å². The Bertz CT molecular complexity index is 2970. The van der Waals surface area contributed by atoms with Crippen LogP contribution in [0.15, 0.2) is 96.2 Å². The molecule has 2 unspecified atom stereocenters.